The maximum atomic E-state index is 12.2. The zero-order valence-electron chi connectivity index (χ0n) is 15.1. The number of aromatic nitrogens is 5. The van der Waals surface area contributed by atoms with E-state index in [-0.39, 0.29) is 5.56 Å². The van der Waals surface area contributed by atoms with E-state index in [0.717, 1.165) is 41.3 Å². The standard InChI is InChI=1S/C19H22N6OS/c26-17-14-5-1-2-6-15(14)20-16(21-17)9-12-27-19-23-22-18(24-10-3-4-11-24)25(19)13-7-8-13/h1-2,5-6,13H,3-4,7-12H2,(H,20,21,26). The molecule has 1 aliphatic heterocycles. The summed E-state index contributed by atoms with van der Waals surface area (Å²) in [6.07, 6.45) is 5.60. The second kappa shape index (κ2) is 6.99. The third kappa shape index (κ3) is 3.34. The minimum Gasteiger partial charge on any atom is -0.341 e. The van der Waals surface area contributed by atoms with Gasteiger partial charge in [-0.1, -0.05) is 23.9 Å². The molecule has 1 N–H and O–H groups in total. The fourth-order valence-electron chi connectivity index (χ4n) is 3.65. The van der Waals surface area contributed by atoms with Gasteiger partial charge in [-0.25, -0.2) is 4.98 Å². The number of hydrogen-bond acceptors (Lipinski definition) is 6. The molecule has 0 amide bonds. The van der Waals surface area contributed by atoms with Crippen LogP contribution in [0.1, 0.15) is 37.5 Å². The number of benzene rings is 1. The number of para-hydroxylation sites is 1. The summed E-state index contributed by atoms with van der Waals surface area (Å²) < 4.78 is 2.33. The van der Waals surface area contributed by atoms with Crippen LogP contribution in [-0.4, -0.2) is 43.6 Å². The van der Waals surface area contributed by atoms with Crippen LogP contribution >= 0.6 is 11.8 Å². The van der Waals surface area contributed by atoms with Crippen molar-refractivity contribution in [3.63, 3.8) is 0 Å². The van der Waals surface area contributed by atoms with Crippen molar-refractivity contribution in [3.05, 3.63) is 40.4 Å². The van der Waals surface area contributed by atoms with Crippen molar-refractivity contribution in [2.24, 2.45) is 0 Å². The molecule has 1 aromatic carbocycles. The second-order valence-electron chi connectivity index (χ2n) is 7.21. The molecule has 1 saturated heterocycles. The summed E-state index contributed by atoms with van der Waals surface area (Å²) in [6.45, 7) is 2.16. The Labute approximate surface area is 161 Å². The van der Waals surface area contributed by atoms with Crippen molar-refractivity contribution < 1.29 is 0 Å². The Bertz CT molecular complexity index is 1020. The van der Waals surface area contributed by atoms with Crippen molar-refractivity contribution in [1.82, 2.24) is 24.7 Å². The number of rotatable bonds is 6. The summed E-state index contributed by atoms with van der Waals surface area (Å²) in [6, 6.07) is 8.00. The number of fused-ring (bicyclic) bond motifs is 1. The average Bonchev–Trinajstić information content (AvgIpc) is 3.20. The highest BCUT2D eigenvalue weighted by Crippen LogP contribution is 2.41. The predicted octanol–water partition coefficient (Wildman–Crippen LogP) is 2.78. The molecule has 0 unspecified atom stereocenters. The number of nitrogens with one attached hydrogen (secondary N) is 1. The topological polar surface area (TPSA) is 79.7 Å². The molecular formula is C19H22N6OS. The number of thioether (sulfide) groups is 1. The molecule has 140 valence electrons. The van der Waals surface area contributed by atoms with Crippen molar-refractivity contribution in [2.75, 3.05) is 23.7 Å². The number of nitrogens with zero attached hydrogens (tertiary/aromatic N) is 5. The maximum absolute atomic E-state index is 12.2. The molecular weight excluding hydrogens is 360 g/mol. The lowest BCUT2D eigenvalue weighted by Gasteiger charge is -2.17. The van der Waals surface area contributed by atoms with Gasteiger partial charge in [0.05, 0.1) is 10.9 Å². The number of hydrogen-bond donors (Lipinski definition) is 1. The zero-order chi connectivity index (χ0) is 18.2. The van der Waals surface area contributed by atoms with Crippen LogP contribution in [0.5, 0.6) is 0 Å². The summed E-state index contributed by atoms with van der Waals surface area (Å²) in [7, 11) is 0. The lowest BCUT2D eigenvalue weighted by molar-refractivity contribution is 0.651. The van der Waals surface area contributed by atoms with Crippen LogP contribution in [0, 0.1) is 0 Å². The van der Waals surface area contributed by atoms with E-state index in [2.05, 4.69) is 29.6 Å². The minimum absolute atomic E-state index is 0.0712. The van der Waals surface area contributed by atoms with E-state index in [9.17, 15) is 4.79 Å². The van der Waals surface area contributed by atoms with Crippen molar-refractivity contribution in [1.29, 1.82) is 0 Å². The summed E-state index contributed by atoms with van der Waals surface area (Å²) in [5.74, 6) is 2.57. The number of aryl methyl sites for hydroxylation is 1. The van der Waals surface area contributed by atoms with Crippen LogP contribution in [0.4, 0.5) is 5.95 Å². The monoisotopic (exact) mass is 382 g/mol. The first-order valence-corrected chi connectivity index (χ1v) is 10.6. The van der Waals surface area contributed by atoms with Crippen LogP contribution in [0.25, 0.3) is 10.9 Å². The first-order chi connectivity index (χ1) is 13.3. The van der Waals surface area contributed by atoms with Gasteiger partial charge in [0.15, 0.2) is 5.16 Å². The predicted molar refractivity (Wildman–Crippen MR) is 107 cm³/mol. The molecule has 0 atom stereocenters. The highest BCUT2D eigenvalue weighted by Gasteiger charge is 2.32. The summed E-state index contributed by atoms with van der Waals surface area (Å²) in [4.78, 5) is 22.0. The van der Waals surface area contributed by atoms with Crippen molar-refractivity contribution in [3.8, 4) is 0 Å². The quantitative estimate of drug-likeness (QED) is 0.661. The summed E-state index contributed by atoms with van der Waals surface area (Å²) >= 11 is 1.70. The molecule has 0 radical (unpaired) electrons. The van der Waals surface area contributed by atoms with Gasteiger partial charge in [-0.05, 0) is 37.8 Å². The van der Waals surface area contributed by atoms with Crippen LogP contribution < -0.4 is 10.5 Å². The third-order valence-corrected chi connectivity index (χ3v) is 6.12. The van der Waals surface area contributed by atoms with E-state index in [1.165, 1.54) is 25.7 Å². The SMILES string of the molecule is O=c1[nH]c(CCSc2nnc(N3CCCC3)n2C2CC2)nc2ccccc12. The van der Waals surface area contributed by atoms with E-state index in [1.807, 2.05) is 18.2 Å². The van der Waals surface area contributed by atoms with Gasteiger partial charge in [0, 0.05) is 31.3 Å². The van der Waals surface area contributed by atoms with E-state index >= 15 is 0 Å². The van der Waals surface area contributed by atoms with Gasteiger partial charge in [0.2, 0.25) is 5.95 Å². The van der Waals surface area contributed by atoms with E-state index in [1.54, 1.807) is 17.8 Å². The molecule has 0 spiro atoms. The van der Waals surface area contributed by atoms with Gasteiger partial charge >= 0.3 is 0 Å². The molecule has 1 saturated carbocycles. The smallest absolute Gasteiger partial charge is 0.258 e. The Morgan fingerprint density at radius 3 is 2.78 bits per heavy atom. The molecule has 2 aliphatic rings. The van der Waals surface area contributed by atoms with Crippen LogP contribution in [-0.2, 0) is 6.42 Å². The lowest BCUT2D eigenvalue weighted by atomic mass is 10.2. The van der Waals surface area contributed by atoms with E-state index in [4.69, 9.17) is 0 Å². The molecule has 3 heterocycles. The highest BCUT2D eigenvalue weighted by atomic mass is 32.2. The lowest BCUT2D eigenvalue weighted by Crippen LogP contribution is -2.22. The van der Waals surface area contributed by atoms with Gasteiger partial charge in [0.1, 0.15) is 5.82 Å². The largest absolute Gasteiger partial charge is 0.341 e. The van der Waals surface area contributed by atoms with Crippen LogP contribution in [0.15, 0.2) is 34.2 Å². The van der Waals surface area contributed by atoms with Crippen LogP contribution in [0.2, 0.25) is 0 Å². The molecule has 27 heavy (non-hydrogen) atoms. The second-order valence-corrected chi connectivity index (χ2v) is 8.27. The Hall–Kier alpha value is -2.35. The van der Waals surface area contributed by atoms with Gasteiger partial charge in [-0.3, -0.25) is 9.36 Å². The normalized spacial score (nSPS) is 17.1. The molecule has 8 heteroatoms. The van der Waals surface area contributed by atoms with Crippen LogP contribution in [0.3, 0.4) is 0 Å². The minimum atomic E-state index is -0.0712. The first kappa shape index (κ1) is 16.8. The average molecular weight is 382 g/mol. The molecule has 2 aromatic heterocycles. The molecule has 2 fully saturated rings. The Morgan fingerprint density at radius 1 is 1.15 bits per heavy atom. The Balaban J connectivity index is 1.31. The number of aromatic amines is 1. The van der Waals surface area contributed by atoms with Crippen molar-refractivity contribution in [2.45, 2.75) is 43.3 Å². The zero-order valence-corrected chi connectivity index (χ0v) is 15.9. The van der Waals surface area contributed by atoms with Crippen molar-refractivity contribution >= 4 is 28.6 Å². The first-order valence-electron chi connectivity index (χ1n) is 9.60. The Morgan fingerprint density at radius 2 is 1.96 bits per heavy atom. The van der Waals surface area contributed by atoms with Gasteiger partial charge in [-0.15, -0.1) is 10.2 Å². The molecule has 7 nitrogen and oxygen atoms in total. The van der Waals surface area contributed by atoms with Gasteiger partial charge in [0.25, 0.3) is 5.56 Å². The maximum Gasteiger partial charge on any atom is 0.258 e. The molecule has 5 rings (SSSR count). The Kier molecular flexibility index (Phi) is 4.35. The molecule has 0 bridgehead atoms. The van der Waals surface area contributed by atoms with Gasteiger partial charge < -0.3 is 9.88 Å². The molecule has 1 aliphatic carbocycles. The fraction of sp³-hybridized carbons (Fsp3) is 0.474. The summed E-state index contributed by atoms with van der Waals surface area (Å²) in [5, 5.41) is 10.6. The third-order valence-electron chi connectivity index (χ3n) is 5.18. The molecule has 3 aromatic rings. The van der Waals surface area contributed by atoms with Gasteiger partial charge in [-0.2, -0.15) is 0 Å². The summed E-state index contributed by atoms with van der Waals surface area (Å²) in [5.41, 5.74) is 0.678. The van der Waals surface area contributed by atoms with E-state index < -0.39 is 0 Å². The highest BCUT2D eigenvalue weighted by molar-refractivity contribution is 7.99. The fourth-order valence-corrected chi connectivity index (χ4v) is 4.59. The number of H-pyrrole nitrogens is 1. The van der Waals surface area contributed by atoms with E-state index in [0.29, 0.717) is 17.8 Å². The number of anilines is 1.